The van der Waals surface area contributed by atoms with Gasteiger partial charge in [0.1, 0.15) is 11.9 Å². The molecule has 0 amide bonds. The van der Waals surface area contributed by atoms with Crippen molar-refractivity contribution in [1.82, 2.24) is 4.98 Å². The zero-order valence-corrected chi connectivity index (χ0v) is 24.5. The van der Waals surface area contributed by atoms with Gasteiger partial charge in [-0.2, -0.15) is 0 Å². The van der Waals surface area contributed by atoms with E-state index in [-0.39, 0.29) is 34.7 Å². The Labute approximate surface area is 239 Å². The van der Waals surface area contributed by atoms with Crippen LogP contribution < -0.4 is 0 Å². The number of ether oxygens (including phenoxy) is 1. The van der Waals surface area contributed by atoms with E-state index in [2.05, 4.69) is 42.3 Å². The molecule has 1 heterocycles. The van der Waals surface area contributed by atoms with Gasteiger partial charge in [0.15, 0.2) is 0 Å². The molecule has 0 saturated heterocycles. The third kappa shape index (κ3) is 5.44. The number of aliphatic hydroxyl groups excluding tert-OH is 1. The summed E-state index contributed by atoms with van der Waals surface area (Å²) in [5.41, 5.74) is -0.962. The number of aromatic nitrogens is 1. The summed E-state index contributed by atoms with van der Waals surface area (Å²) < 4.78 is 6.28. The van der Waals surface area contributed by atoms with Crippen LogP contribution in [0.4, 0.5) is 0 Å². The lowest BCUT2D eigenvalue weighted by atomic mass is 9.44. The highest BCUT2D eigenvalue weighted by Gasteiger charge is 2.68. The number of nitrogens with zero attached hydrogens (tertiary/aromatic N) is 2. The normalized spacial score (nSPS) is 37.3. The first-order valence-corrected chi connectivity index (χ1v) is 14.8. The molecule has 1 aromatic heterocycles. The topological polar surface area (TPSA) is 135 Å². The molecule has 0 aromatic carbocycles. The molecule has 1 unspecified atom stereocenters. The van der Waals surface area contributed by atoms with Crippen molar-refractivity contribution in [3.63, 3.8) is 0 Å². The molecule has 3 fully saturated rings. The van der Waals surface area contributed by atoms with Crippen LogP contribution in [0.2, 0.25) is 0 Å². The Balaban J connectivity index is 1.55. The summed E-state index contributed by atoms with van der Waals surface area (Å²) in [5, 5.41) is 23.9. The molecule has 2 N–H and O–H groups in total. The number of carbonyl (C=O) groups is 3. The van der Waals surface area contributed by atoms with Gasteiger partial charge in [-0.15, -0.1) is 18.3 Å². The fourth-order valence-corrected chi connectivity index (χ4v) is 8.32. The van der Waals surface area contributed by atoms with Crippen molar-refractivity contribution in [2.24, 2.45) is 39.2 Å². The van der Waals surface area contributed by atoms with Gasteiger partial charge >= 0.3 is 11.9 Å². The minimum Gasteiger partial charge on any atom is -0.479 e. The van der Waals surface area contributed by atoms with Crippen LogP contribution in [0.25, 0.3) is 0 Å². The van der Waals surface area contributed by atoms with E-state index in [1.807, 2.05) is 6.92 Å². The number of Topliss-reactive ketones (excluding diaryl/α,β-unsaturated/α-hetero) is 1. The Bertz CT molecular complexity index is 1190. The molecular formula is C30H40N2O7S. The van der Waals surface area contributed by atoms with E-state index in [9.17, 15) is 19.5 Å². The Kier molecular flexibility index (Phi) is 8.80. The number of ketones is 1. The quantitative estimate of drug-likeness (QED) is 0.144. The van der Waals surface area contributed by atoms with E-state index in [1.165, 1.54) is 18.0 Å². The smallest absolute Gasteiger partial charge is 0.344 e. The van der Waals surface area contributed by atoms with E-state index >= 15 is 0 Å². The predicted molar refractivity (Wildman–Crippen MR) is 151 cm³/mol. The van der Waals surface area contributed by atoms with Crippen LogP contribution in [-0.2, 0) is 24.0 Å². The second-order valence-electron chi connectivity index (χ2n) is 12.2. The van der Waals surface area contributed by atoms with Crippen LogP contribution in [0.15, 0.2) is 41.2 Å². The monoisotopic (exact) mass is 572 g/mol. The molecule has 4 rings (SSSR count). The van der Waals surface area contributed by atoms with E-state index in [1.54, 1.807) is 24.5 Å². The molecule has 3 aliphatic carbocycles. The SMILES string of the molecule is C=C[C@]1(C)C[C@@H](OC(=O)CSc2cncc(/C=N/OCC(=O)O)c2)[C@@]2(C)C3C(=O)CC[C@@]3(CC[C@H]2C)[C@@H](C)[C@@H]1O. The van der Waals surface area contributed by atoms with E-state index < -0.39 is 41.6 Å². The third-order valence-corrected chi connectivity index (χ3v) is 11.1. The molecule has 3 aliphatic rings. The van der Waals surface area contributed by atoms with Gasteiger partial charge in [-0.05, 0) is 49.0 Å². The van der Waals surface area contributed by atoms with E-state index in [0.717, 1.165) is 19.3 Å². The first-order valence-electron chi connectivity index (χ1n) is 13.9. The number of carboxylic acid groups (broad SMARTS) is 1. The van der Waals surface area contributed by atoms with Crippen LogP contribution >= 0.6 is 11.8 Å². The van der Waals surface area contributed by atoms with Crippen LogP contribution in [0.5, 0.6) is 0 Å². The molecule has 0 aliphatic heterocycles. The summed E-state index contributed by atoms with van der Waals surface area (Å²) >= 11 is 1.26. The number of hydrogen-bond acceptors (Lipinski definition) is 9. The zero-order chi connectivity index (χ0) is 29.3. The number of rotatable bonds is 9. The summed E-state index contributed by atoms with van der Waals surface area (Å²) in [6, 6.07) is 1.76. The maximum atomic E-state index is 13.5. The second kappa shape index (κ2) is 11.6. The summed E-state index contributed by atoms with van der Waals surface area (Å²) in [7, 11) is 0. The highest BCUT2D eigenvalue weighted by atomic mass is 32.2. The molecule has 9 nitrogen and oxygen atoms in total. The Morgan fingerprint density at radius 1 is 1.27 bits per heavy atom. The minimum atomic E-state index is -1.13. The highest BCUT2D eigenvalue weighted by molar-refractivity contribution is 8.00. The second-order valence-corrected chi connectivity index (χ2v) is 13.3. The molecular weight excluding hydrogens is 532 g/mol. The standard InChI is InChI=1S/C30H40N2O7S/c1-6-28(4)12-23(29(5)18(2)7-9-30(19(3)27(28)37)10-8-22(33)26(29)30)39-25(36)17-40-21-11-20(13-31-15-21)14-32-38-16-24(34)35/h6,11,13-15,18-19,23,26-27,37H,1,7-10,12,16-17H2,2-5H3,(H,34,35)/b32-14+/t18-,19+,23-,26?,27+,28-,29+,30+/m1/s1. The largest absolute Gasteiger partial charge is 0.479 e. The number of aliphatic carboxylic acids is 1. The lowest BCUT2D eigenvalue weighted by Crippen LogP contribution is -2.63. The van der Waals surface area contributed by atoms with Crippen molar-refractivity contribution < 1.29 is 34.2 Å². The van der Waals surface area contributed by atoms with Crippen LogP contribution in [-0.4, -0.2) is 63.7 Å². The van der Waals surface area contributed by atoms with Crippen molar-refractivity contribution in [2.45, 2.75) is 76.9 Å². The van der Waals surface area contributed by atoms with Crippen molar-refractivity contribution in [3.05, 3.63) is 36.7 Å². The van der Waals surface area contributed by atoms with Crippen molar-refractivity contribution >= 4 is 35.7 Å². The molecule has 0 spiro atoms. The number of aliphatic hydroxyl groups is 1. The molecule has 3 saturated carbocycles. The van der Waals surface area contributed by atoms with E-state index in [0.29, 0.717) is 23.3 Å². The predicted octanol–water partition coefficient (Wildman–Crippen LogP) is 4.52. The summed E-state index contributed by atoms with van der Waals surface area (Å²) in [6.07, 6.45) is 8.49. The Morgan fingerprint density at radius 3 is 2.73 bits per heavy atom. The van der Waals surface area contributed by atoms with Crippen LogP contribution in [0.1, 0.15) is 65.4 Å². The van der Waals surface area contributed by atoms with Crippen molar-refractivity contribution in [3.8, 4) is 0 Å². The van der Waals surface area contributed by atoms with Gasteiger partial charge in [0, 0.05) is 46.0 Å². The fraction of sp³-hybridized carbons (Fsp3) is 0.633. The minimum absolute atomic E-state index is 0.0340. The fourth-order valence-electron chi connectivity index (χ4n) is 7.61. The highest BCUT2D eigenvalue weighted by Crippen LogP contribution is 2.68. The van der Waals surface area contributed by atoms with E-state index in [4.69, 9.17) is 9.84 Å². The third-order valence-electron chi connectivity index (χ3n) is 10.1. The zero-order valence-electron chi connectivity index (χ0n) is 23.7. The first-order chi connectivity index (χ1) is 18.9. The van der Waals surface area contributed by atoms with Gasteiger partial charge in [0.2, 0.25) is 6.61 Å². The van der Waals surface area contributed by atoms with Gasteiger partial charge in [0.25, 0.3) is 0 Å². The number of thioether (sulfide) groups is 1. The van der Waals surface area contributed by atoms with Gasteiger partial charge in [-0.25, -0.2) is 4.79 Å². The Hall–Kier alpha value is -2.72. The van der Waals surface area contributed by atoms with Gasteiger partial charge in [-0.3, -0.25) is 14.6 Å². The van der Waals surface area contributed by atoms with Gasteiger partial charge in [-0.1, -0.05) is 38.9 Å². The summed E-state index contributed by atoms with van der Waals surface area (Å²) in [6.45, 7) is 11.9. The lowest BCUT2D eigenvalue weighted by Gasteiger charge is -2.61. The van der Waals surface area contributed by atoms with Crippen molar-refractivity contribution in [2.75, 3.05) is 12.4 Å². The van der Waals surface area contributed by atoms with Gasteiger partial charge < -0.3 is 19.8 Å². The van der Waals surface area contributed by atoms with Crippen LogP contribution in [0.3, 0.4) is 0 Å². The molecule has 10 heteroatoms. The Morgan fingerprint density at radius 2 is 2.02 bits per heavy atom. The lowest BCUT2D eigenvalue weighted by molar-refractivity contribution is -0.205. The number of carbonyl (C=O) groups excluding carboxylic acids is 2. The number of oxime groups is 1. The molecule has 2 bridgehead atoms. The number of carboxylic acids is 1. The molecule has 8 atom stereocenters. The average Bonchev–Trinajstić information content (AvgIpc) is 3.28. The summed E-state index contributed by atoms with van der Waals surface area (Å²) in [5.74, 6) is -1.45. The number of esters is 1. The maximum absolute atomic E-state index is 13.5. The molecule has 40 heavy (non-hydrogen) atoms. The van der Waals surface area contributed by atoms with Crippen LogP contribution in [0, 0.1) is 34.0 Å². The van der Waals surface area contributed by atoms with Gasteiger partial charge in [0.05, 0.1) is 18.1 Å². The molecule has 218 valence electrons. The average molecular weight is 573 g/mol. The summed E-state index contributed by atoms with van der Waals surface area (Å²) in [4.78, 5) is 46.9. The number of pyridine rings is 1. The first kappa shape index (κ1) is 30.2. The number of hydrogen-bond donors (Lipinski definition) is 2. The maximum Gasteiger partial charge on any atom is 0.344 e. The molecule has 0 radical (unpaired) electrons. The van der Waals surface area contributed by atoms with Crippen molar-refractivity contribution in [1.29, 1.82) is 0 Å². The molecule has 1 aromatic rings.